The largest absolute Gasteiger partial charge is 0.446 e. The van der Waals surface area contributed by atoms with Crippen LogP contribution < -0.4 is 11.1 Å². The fourth-order valence-electron chi connectivity index (χ4n) is 3.27. The molecule has 2 rings (SSSR count). The van der Waals surface area contributed by atoms with Crippen molar-refractivity contribution in [1.82, 2.24) is 5.32 Å². The van der Waals surface area contributed by atoms with Crippen LogP contribution in [0.2, 0.25) is 0 Å². The van der Waals surface area contributed by atoms with Crippen molar-refractivity contribution in [3.8, 4) is 0 Å². The molecule has 0 aliphatic carbocycles. The Hall–Kier alpha value is -2.73. The highest BCUT2D eigenvalue weighted by molar-refractivity contribution is 8.00. The van der Waals surface area contributed by atoms with Gasteiger partial charge in [0, 0.05) is 24.1 Å². The van der Waals surface area contributed by atoms with Crippen molar-refractivity contribution in [2.45, 2.75) is 22.2 Å². The Morgan fingerprint density at radius 3 is 2.19 bits per heavy atom. The average molecular weight is 480 g/mol. The summed E-state index contributed by atoms with van der Waals surface area (Å²) < 4.78 is 86.7. The molecular weight excluding hydrogens is 462 g/mol. The first-order valence-electron chi connectivity index (χ1n) is 8.98. The van der Waals surface area contributed by atoms with Crippen LogP contribution in [0.1, 0.15) is 22.3 Å². The summed E-state index contributed by atoms with van der Waals surface area (Å²) in [5.41, 5.74) is -3.20. The SMILES string of the molecule is COCC(CCNC(N)=O)(C(=O)c1c(F)cccc1F)c1ccc(SC(F)(F)F)cc1F. The maximum Gasteiger partial charge on any atom is 0.446 e. The van der Waals surface area contributed by atoms with E-state index in [9.17, 15) is 31.5 Å². The molecule has 2 aromatic rings. The highest BCUT2D eigenvalue weighted by Crippen LogP contribution is 2.40. The van der Waals surface area contributed by atoms with Crippen LogP contribution in [0.15, 0.2) is 41.3 Å². The quantitative estimate of drug-likeness (QED) is 0.314. The molecule has 12 heteroatoms. The van der Waals surface area contributed by atoms with Crippen LogP contribution in [0.3, 0.4) is 0 Å². The van der Waals surface area contributed by atoms with Crippen LogP contribution in [-0.4, -0.2) is 37.6 Å². The van der Waals surface area contributed by atoms with E-state index in [1.54, 1.807) is 0 Å². The van der Waals surface area contributed by atoms with Gasteiger partial charge in [0.2, 0.25) is 0 Å². The number of halogens is 6. The molecule has 0 saturated heterocycles. The van der Waals surface area contributed by atoms with Crippen LogP contribution in [0.5, 0.6) is 0 Å². The van der Waals surface area contributed by atoms with Crippen molar-refractivity contribution in [2.75, 3.05) is 20.3 Å². The Morgan fingerprint density at radius 2 is 1.69 bits per heavy atom. The third-order valence-corrected chi connectivity index (χ3v) is 5.28. The fourth-order valence-corrected chi connectivity index (χ4v) is 3.83. The van der Waals surface area contributed by atoms with Crippen molar-refractivity contribution in [1.29, 1.82) is 0 Å². The molecule has 1 atom stereocenters. The Labute approximate surface area is 183 Å². The van der Waals surface area contributed by atoms with Gasteiger partial charge in [0.05, 0.1) is 17.6 Å². The second-order valence-corrected chi connectivity index (χ2v) is 7.81. The lowest BCUT2D eigenvalue weighted by Gasteiger charge is -2.33. The van der Waals surface area contributed by atoms with Gasteiger partial charge in [0.25, 0.3) is 0 Å². The smallest absolute Gasteiger partial charge is 0.383 e. The second kappa shape index (κ2) is 10.3. The van der Waals surface area contributed by atoms with E-state index < -0.39 is 81.0 Å². The number of carbonyl (C=O) groups excluding carboxylic acids is 2. The topological polar surface area (TPSA) is 81.4 Å². The third-order valence-electron chi connectivity index (χ3n) is 4.56. The standard InChI is InChI=1S/C20H18F6N2O3S/c1-31-10-19(7-8-28-18(27)30,17(29)16-13(21)3-2-4-14(16)22)12-6-5-11(9-15(12)23)32-20(24,25)26/h2-6,9H,7-8,10H2,1H3,(H3,27,28,30). The monoisotopic (exact) mass is 480 g/mol. The lowest BCUT2D eigenvalue weighted by Crippen LogP contribution is -2.45. The van der Waals surface area contributed by atoms with Crippen LogP contribution in [0, 0.1) is 17.5 Å². The predicted molar refractivity (Wildman–Crippen MR) is 105 cm³/mol. The maximum atomic E-state index is 15.0. The van der Waals surface area contributed by atoms with Crippen LogP contribution in [0.25, 0.3) is 0 Å². The van der Waals surface area contributed by atoms with Crippen LogP contribution >= 0.6 is 11.8 Å². The highest BCUT2D eigenvalue weighted by Gasteiger charge is 2.45. The third kappa shape index (κ3) is 5.94. The maximum absolute atomic E-state index is 15.0. The van der Waals surface area contributed by atoms with Gasteiger partial charge in [-0.2, -0.15) is 13.2 Å². The molecule has 0 spiro atoms. The normalized spacial score (nSPS) is 13.5. The van der Waals surface area contributed by atoms with E-state index in [-0.39, 0.29) is 6.54 Å². The van der Waals surface area contributed by atoms with Crippen molar-refractivity contribution >= 4 is 23.6 Å². The molecule has 0 aliphatic heterocycles. The van der Waals surface area contributed by atoms with E-state index in [0.29, 0.717) is 6.07 Å². The summed E-state index contributed by atoms with van der Waals surface area (Å²) in [5, 5.41) is 2.19. The summed E-state index contributed by atoms with van der Waals surface area (Å²) in [6.07, 6.45) is -0.418. The number of ether oxygens (including phenoxy) is 1. The minimum Gasteiger partial charge on any atom is -0.383 e. The van der Waals surface area contributed by atoms with E-state index in [1.165, 1.54) is 0 Å². The molecule has 5 nitrogen and oxygen atoms in total. The first-order valence-corrected chi connectivity index (χ1v) is 9.80. The molecule has 0 saturated carbocycles. The number of nitrogens with two attached hydrogens (primary N) is 1. The summed E-state index contributed by atoms with van der Waals surface area (Å²) in [5.74, 6) is -4.87. The average Bonchev–Trinajstić information content (AvgIpc) is 2.65. The number of benzene rings is 2. The zero-order chi connectivity index (χ0) is 24.1. The molecule has 0 aliphatic rings. The zero-order valence-corrected chi connectivity index (χ0v) is 17.4. The molecule has 3 N–H and O–H groups in total. The van der Waals surface area contributed by atoms with E-state index in [0.717, 1.165) is 37.4 Å². The van der Waals surface area contributed by atoms with E-state index in [2.05, 4.69) is 5.32 Å². The summed E-state index contributed by atoms with van der Waals surface area (Å²) in [7, 11) is 1.15. The fraction of sp³-hybridized carbons (Fsp3) is 0.300. The number of carbonyl (C=O) groups is 2. The Morgan fingerprint density at radius 1 is 1.06 bits per heavy atom. The predicted octanol–water partition coefficient (Wildman–Crippen LogP) is 4.54. The van der Waals surface area contributed by atoms with Gasteiger partial charge in [0.1, 0.15) is 17.5 Å². The van der Waals surface area contributed by atoms with Gasteiger partial charge in [-0.05, 0) is 42.4 Å². The number of nitrogens with one attached hydrogen (secondary N) is 1. The Bertz CT molecular complexity index is 982. The number of alkyl halides is 3. The molecule has 32 heavy (non-hydrogen) atoms. The van der Waals surface area contributed by atoms with E-state index in [4.69, 9.17) is 10.5 Å². The Kier molecular flexibility index (Phi) is 8.18. The number of amides is 2. The molecular formula is C20H18F6N2O3S. The molecule has 174 valence electrons. The minimum absolute atomic E-state index is 0.320. The first-order chi connectivity index (χ1) is 14.9. The van der Waals surface area contributed by atoms with Crippen LogP contribution in [0.4, 0.5) is 31.1 Å². The number of hydrogen-bond donors (Lipinski definition) is 2. The molecule has 0 radical (unpaired) electrons. The van der Waals surface area contributed by atoms with E-state index in [1.807, 2.05) is 0 Å². The minimum atomic E-state index is -4.69. The number of methoxy groups -OCH3 is 1. The number of hydrogen-bond acceptors (Lipinski definition) is 4. The lowest BCUT2D eigenvalue weighted by molar-refractivity contribution is -0.0328. The summed E-state index contributed by atoms with van der Waals surface area (Å²) in [6, 6.07) is 4.11. The summed E-state index contributed by atoms with van der Waals surface area (Å²) in [4.78, 5) is 24.0. The molecule has 0 fully saturated rings. The van der Waals surface area contributed by atoms with Gasteiger partial charge in [-0.1, -0.05) is 12.1 Å². The molecule has 2 amide bonds. The zero-order valence-electron chi connectivity index (χ0n) is 16.6. The molecule has 1 unspecified atom stereocenters. The Balaban J connectivity index is 2.66. The van der Waals surface area contributed by atoms with Crippen LogP contribution in [-0.2, 0) is 10.2 Å². The first kappa shape index (κ1) is 25.5. The molecule has 0 heterocycles. The number of Topliss-reactive ketones (excluding diaryl/α,β-unsaturated/α-hetero) is 1. The van der Waals surface area contributed by atoms with E-state index >= 15 is 4.39 Å². The summed E-state index contributed by atoms with van der Waals surface area (Å²) >= 11 is -0.571. The summed E-state index contributed by atoms with van der Waals surface area (Å²) in [6.45, 7) is -0.915. The number of ketones is 1. The van der Waals surface area contributed by atoms with Gasteiger partial charge in [-0.3, -0.25) is 4.79 Å². The van der Waals surface area contributed by atoms with Gasteiger partial charge < -0.3 is 15.8 Å². The van der Waals surface area contributed by atoms with Gasteiger partial charge in [-0.25, -0.2) is 18.0 Å². The van der Waals surface area contributed by atoms with Gasteiger partial charge in [-0.15, -0.1) is 0 Å². The lowest BCUT2D eigenvalue weighted by atomic mass is 9.72. The molecule has 0 aromatic heterocycles. The van der Waals surface area contributed by atoms with Crippen molar-refractivity contribution in [3.05, 3.63) is 65.0 Å². The molecule has 2 aromatic carbocycles. The number of primary amides is 1. The number of rotatable bonds is 9. The number of urea groups is 1. The highest BCUT2D eigenvalue weighted by atomic mass is 32.2. The number of thioether (sulfide) groups is 1. The van der Waals surface area contributed by atoms with Gasteiger partial charge in [0.15, 0.2) is 5.78 Å². The molecule has 0 bridgehead atoms. The second-order valence-electron chi connectivity index (χ2n) is 6.67. The van der Waals surface area contributed by atoms with Crippen molar-refractivity contribution in [2.24, 2.45) is 5.73 Å². The van der Waals surface area contributed by atoms with Gasteiger partial charge >= 0.3 is 11.5 Å². The van der Waals surface area contributed by atoms with Crippen molar-refractivity contribution < 1.29 is 40.7 Å². The van der Waals surface area contributed by atoms with Crippen molar-refractivity contribution in [3.63, 3.8) is 0 Å².